The number of benzene rings is 2. The van der Waals surface area contributed by atoms with E-state index in [0.717, 1.165) is 36.8 Å². The van der Waals surface area contributed by atoms with Crippen LogP contribution >= 0.6 is 0 Å². The average molecular weight is 311 g/mol. The number of nitrogens with zero attached hydrogens (tertiary/aromatic N) is 1. The molecular formula is C19H25N3O. The maximum absolute atomic E-state index is 5.75. The summed E-state index contributed by atoms with van der Waals surface area (Å²) in [6.07, 6.45) is 1.08. The van der Waals surface area contributed by atoms with Gasteiger partial charge in [0, 0.05) is 20.1 Å². The van der Waals surface area contributed by atoms with Gasteiger partial charge in [0.15, 0.2) is 5.96 Å². The molecule has 0 radical (unpaired) electrons. The predicted molar refractivity (Wildman–Crippen MR) is 95.7 cm³/mol. The predicted octanol–water partition coefficient (Wildman–Crippen LogP) is 3.34. The lowest BCUT2D eigenvalue weighted by Crippen LogP contribution is -2.37. The summed E-state index contributed by atoms with van der Waals surface area (Å²) in [6, 6.07) is 18.3. The Kier molecular flexibility index (Phi) is 6.98. The maximum Gasteiger partial charge on any atom is 0.191 e. The first kappa shape index (κ1) is 16.9. The van der Waals surface area contributed by atoms with Crippen LogP contribution in [-0.2, 0) is 13.2 Å². The van der Waals surface area contributed by atoms with Crippen LogP contribution in [0, 0.1) is 0 Å². The number of para-hydroxylation sites is 1. The number of aliphatic imine (C=N–C) groups is 1. The molecule has 0 saturated carbocycles. The van der Waals surface area contributed by atoms with Crippen LogP contribution in [0.4, 0.5) is 0 Å². The van der Waals surface area contributed by atoms with Crippen LogP contribution in [0.15, 0.2) is 59.6 Å². The molecule has 0 saturated heterocycles. The minimum atomic E-state index is 0.581. The molecule has 0 unspecified atom stereocenters. The Bertz CT molecular complexity index is 594. The molecule has 0 aliphatic carbocycles. The van der Waals surface area contributed by atoms with Gasteiger partial charge in [0.25, 0.3) is 0 Å². The Balaban J connectivity index is 1.80. The van der Waals surface area contributed by atoms with Gasteiger partial charge < -0.3 is 15.4 Å². The van der Waals surface area contributed by atoms with Crippen molar-refractivity contribution in [1.29, 1.82) is 0 Å². The molecule has 122 valence electrons. The highest BCUT2D eigenvalue weighted by Gasteiger charge is 1.99. The Hall–Kier alpha value is -2.49. The molecule has 4 heteroatoms. The molecule has 2 aromatic carbocycles. The van der Waals surface area contributed by atoms with Crippen molar-refractivity contribution in [2.45, 2.75) is 26.5 Å². The van der Waals surface area contributed by atoms with Gasteiger partial charge >= 0.3 is 0 Å². The van der Waals surface area contributed by atoms with Crippen LogP contribution in [0.3, 0.4) is 0 Å². The molecule has 0 fully saturated rings. The van der Waals surface area contributed by atoms with Gasteiger partial charge in [0.05, 0.1) is 0 Å². The topological polar surface area (TPSA) is 45.7 Å². The molecule has 23 heavy (non-hydrogen) atoms. The Morgan fingerprint density at radius 2 is 1.65 bits per heavy atom. The van der Waals surface area contributed by atoms with Crippen LogP contribution in [-0.4, -0.2) is 19.6 Å². The largest absolute Gasteiger partial charge is 0.489 e. The van der Waals surface area contributed by atoms with Gasteiger partial charge in [-0.25, -0.2) is 0 Å². The van der Waals surface area contributed by atoms with Crippen LogP contribution < -0.4 is 15.4 Å². The van der Waals surface area contributed by atoms with Crippen molar-refractivity contribution in [1.82, 2.24) is 10.6 Å². The van der Waals surface area contributed by atoms with E-state index in [-0.39, 0.29) is 0 Å². The maximum atomic E-state index is 5.75. The number of rotatable bonds is 7. The highest BCUT2D eigenvalue weighted by Crippen LogP contribution is 2.12. The van der Waals surface area contributed by atoms with E-state index >= 15 is 0 Å². The minimum Gasteiger partial charge on any atom is -0.489 e. The third-order valence-electron chi connectivity index (χ3n) is 3.40. The summed E-state index contributed by atoms with van der Waals surface area (Å²) in [5, 5.41) is 6.56. The van der Waals surface area contributed by atoms with Crippen LogP contribution in [0.2, 0.25) is 0 Å². The fraction of sp³-hybridized carbons (Fsp3) is 0.316. The van der Waals surface area contributed by atoms with Crippen molar-refractivity contribution < 1.29 is 4.74 Å². The van der Waals surface area contributed by atoms with E-state index < -0.39 is 0 Å². The number of hydrogen-bond acceptors (Lipinski definition) is 2. The summed E-state index contributed by atoms with van der Waals surface area (Å²) >= 11 is 0. The molecule has 2 N–H and O–H groups in total. The summed E-state index contributed by atoms with van der Waals surface area (Å²) in [4.78, 5) is 4.20. The second-order valence-corrected chi connectivity index (χ2v) is 5.27. The standard InChI is InChI=1S/C19H25N3O/c1-3-13-21-19(20-2)22-14-16-9-11-17(12-10-16)15-23-18-7-5-4-6-8-18/h4-12H,3,13-15H2,1-2H3,(H2,20,21,22). The minimum absolute atomic E-state index is 0.581. The van der Waals surface area contributed by atoms with Gasteiger partial charge in [-0.05, 0) is 29.7 Å². The lowest BCUT2D eigenvalue weighted by atomic mass is 10.1. The monoisotopic (exact) mass is 311 g/mol. The number of ether oxygens (including phenoxy) is 1. The van der Waals surface area contributed by atoms with Gasteiger partial charge in [-0.3, -0.25) is 4.99 Å². The van der Waals surface area contributed by atoms with Gasteiger partial charge in [0.1, 0.15) is 12.4 Å². The molecule has 2 aromatic rings. The first-order valence-electron chi connectivity index (χ1n) is 8.02. The zero-order chi connectivity index (χ0) is 16.3. The van der Waals surface area contributed by atoms with Crippen molar-refractivity contribution in [3.8, 4) is 5.75 Å². The van der Waals surface area contributed by atoms with Gasteiger partial charge in [-0.2, -0.15) is 0 Å². The van der Waals surface area contributed by atoms with Crippen molar-refractivity contribution in [2.75, 3.05) is 13.6 Å². The lowest BCUT2D eigenvalue weighted by Gasteiger charge is -2.11. The smallest absolute Gasteiger partial charge is 0.191 e. The zero-order valence-electron chi connectivity index (χ0n) is 13.9. The molecule has 0 aliphatic heterocycles. The summed E-state index contributed by atoms with van der Waals surface area (Å²) in [6.45, 7) is 4.40. The van der Waals surface area contributed by atoms with Crippen molar-refractivity contribution >= 4 is 5.96 Å². The van der Waals surface area contributed by atoms with Crippen LogP contribution in [0.5, 0.6) is 5.75 Å². The Labute approximate surface area is 138 Å². The SMILES string of the molecule is CCCNC(=NC)NCc1ccc(COc2ccccc2)cc1. The van der Waals surface area contributed by atoms with E-state index in [1.54, 1.807) is 7.05 Å². The fourth-order valence-corrected chi connectivity index (χ4v) is 2.09. The summed E-state index contributed by atoms with van der Waals surface area (Å²) in [5.41, 5.74) is 2.37. The van der Waals surface area contributed by atoms with Crippen molar-refractivity contribution in [3.63, 3.8) is 0 Å². The molecule has 0 amide bonds. The van der Waals surface area contributed by atoms with E-state index in [1.807, 2.05) is 30.3 Å². The second kappa shape index (κ2) is 9.51. The highest BCUT2D eigenvalue weighted by atomic mass is 16.5. The molecular weight excluding hydrogens is 286 g/mol. The summed E-state index contributed by atoms with van der Waals surface area (Å²) in [5.74, 6) is 1.73. The Morgan fingerprint density at radius 1 is 0.957 bits per heavy atom. The first-order chi connectivity index (χ1) is 11.3. The molecule has 4 nitrogen and oxygen atoms in total. The molecule has 0 atom stereocenters. The molecule has 0 aliphatic rings. The molecule has 0 heterocycles. The quantitative estimate of drug-likeness (QED) is 0.609. The van der Waals surface area contributed by atoms with E-state index in [2.05, 4.69) is 46.8 Å². The highest BCUT2D eigenvalue weighted by molar-refractivity contribution is 5.79. The van der Waals surface area contributed by atoms with Crippen molar-refractivity contribution in [2.24, 2.45) is 4.99 Å². The number of nitrogens with one attached hydrogen (secondary N) is 2. The van der Waals surface area contributed by atoms with E-state index in [9.17, 15) is 0 Å². The van der Waals surface area contributed by atoms with Gasteiger partial charge in [-0.15, -0.1) is 0 Å². The Morgan fingerprint density at radius 3 is 2.30 bits per heavy atom. The molecule has 0 aromatic heterocycles. The first-order valence-corrected chi connectivity index (χ1v) is 8.02. The normalized spacial score (nSPS) is 11.1. The molecule has 0 spiro atoms. The van der Waals surface area contributed by atoms with Gasteiger partial charge in [-0.1, -0.05) is 49.4 Å². The number of guanidine groups is 1. The van der Waals surface area contributed by atoms with Crippen LogP contribution in [0.1, 0.15) is 24.5 Å². The molecule has 0 bridgehead atoms. The summed E-state index contributed by atoms with van der Waals surface area (Å²) in [7, 11) is 1.79. The summed E-state index contributed by atoms with van der Waals surface area (Å²) < 4.78 is 5.75. The number of hydrogen-bond donors (Lipinski definition) is 2. The molecule has 2 rings (SSSR count). The van der Waals surface area contributed by atoms with E-state index in [0.29, 0.717) is 6.61 Å². The average Bonchev–Trinajstić information content (AvgIpc) is 2.62. The lowest BCUT2D eigenvalue weighted by molar-refractivity contribution is 0.306. The zero-order valence-corrected chi connectivity index (χ0v) is 13.9. The van der Waals surface area contributed by atoms with E-state index in [1.165, 1.54) is 5.56 Å². The fourth-order valence-electron chi connectivity index (χ4n) is 2.09. The third-order valence-corrected chi connectivity index (χ3v) is 3.40. The third kappa shape index (κ3) is 6.02. The van der Waals surface area contributed by atoms with Crippen LogP contribution in [0.25, 0.3) is 0 Å². The van der Waals surface area contributed by atoms with Crippen molar-refractivity contribution in [3.05, 3.63) is 65.7 Å². The van der Waals surface area contributed by atoms with E-state index in [4.69, 9.17) is 4.74 Å². The van der Waals surface area contributed by atoms with Gasteiger partial charge in [0.2, 0.25) is 0 Å². The second-order valence-electron chi connectivity index (χ2n) is 5.27.